The highest BCUT2D eigenvalue weighted by atomic mass is 16.2. The Morgan fingerprint density at radius 1 is 1.31 bits per heavy atom. The number of likely N-dealkylation sites (tertiary alicyclic amines) is 1. The van der Waals surface area contributed by atoms with Crippen molar-refractivity contribution in [3.8, 4) is 0 Å². The summed E-state index contributed by atoms with van der Waals surface area (Å²) in [5.74, 6) is 0.0548. The van der Waals surface area contributed by atoms with Crippen LogP contribution in [0.4, 0.5) is 5.69 Å². The molecule has 1 heterocycles. The van der Waals surface area contributed by atoms with Crippen molar-refractivity contribution in [2.24, 2.45) is 5.73 Å². The average Bonchev–Trinajstić information content (AvgIpc) is 2.29. The van der Waals surface area contributed by atoms with Crippen LogP contribution < -0.4 is 11.5 Å². The van der Waals surface area contributed by atoms with E-state index in [2.05, 4.69) is 0 Å². The predicted octanol–water partition coefficient (Wildman–Crippen LogP) is 0.832. The van der Waals surface area contributed by atoms with Gasteiger partial charge < -0.3 is 16.4 Å². The fourth-order valence-corrected chi connectivity index (χ4v) is 1.96. The van der Waals surface area contributed by atoms with Crippen LogP contribution in [0.5, 0.6) is 0 Å². The number of rotatable bonds is 1. The number of anilines is 1. The fourth-order valence-electron chi connectivity index (χ4n) is 1.96. The number of carbonyl (C=O) groups is 1. The van der Waals surface area contributed by atoms with Crippen LogP contribution >= 0.6 is 0 Å². The van der Waals surface area contributed by atoms with E-state index in [1.54, 1.807) is 24.3 Å². The second-order valence-electron chi connectivity index (χ2n) is 4.26. The van der Waals surface area contributed by atoms with Gasteiger partial charge in [-0.3, -0.25) is 4.79 Å². The third-order valence-electron chi connectivity index (χ3n) is 2.96. The lowest BCUT2D eigenvalue weighted by Crippen LogP contribution is -2.42. The van der Waals surface area contributed by atoms with E-state index in [1.807, 2.05) is 4.90 Å². The predicted molar refractivity (Wildman–Crippen MR) is 64.0 cm³/mol. The van der Waals surface area contributed by atoms with Crippen LogP contribution in [-0.4, -0.2) is 29.9 Å². The number of amides is 1. The van der Waals surface area contributed by atoms with E-state index in [-0.39, 0.29) is 11.9 Å². The van der Waals surface area contributed by atoms with E-state index in [0.29, 0.717) is 11.3 Å². The number of nitrogens with zero attached hydrogens (tertiary/aromatic N) is 1. The van der Waals surface area contributed by atoms with Crippen LogP contribution in [-0.2, 0) is 0 Å². The lowest BCUT2D eigenvalue weighted by molar-refractivity contribution is 0.0715. The SMILES string of the molecule is Nc1cccc(C(=O)N2CCC(N)CC2)c1. The summed E-state index contributed by atoms with van der Waals surface area (Å²) in [6.45, 7) is 1.49. The first-order valence-electron chi connectivity index (χ1n) is 5.57. The molecule has 1 amide bonds. The Bertz CT molecular complexity index is 384. The molecule has 4 N–H and O–H groups in total. The molecule has 0 bridgehead atoms. The minimum Gasteiger partial charge on any atom is -0.399 e. The molecule has 0 atom stereocenters. The van der Waals surface area contributed by atoms with Gasteiger partial charge in [-0.1, -0.05) is 6.07 Å². The van der Waals surface area contributed by atoms with Crippen molar-refractivity contribution in [1.82, 2.24) is 4.90 Å². The smallest absolute Gasteiger partial charge is 0.253 e. The molecule has 4 heteroatoms. The third kappa shape index (κ3) is 2.33. The molecular weight excluding hydrogens is 202 g/mol. The van der Waals surface area contributed by atoms with Gasteiger partial charge in [0.25, 0.3) is 5.91 Å². The van der Waals surface area contributed by atoms with E-state index in [9.17, 15) is 4.79 Å². The first-order chi connectivity index (χ1) is 7.66. The molecule has 1 aliphatic heterocycles. The summed E-state index contributed by atoms with van der Waals surface area (Å²) in [5, 5.41) is 0. The molecule has 1 saturated heterocycles. The summed E-state index contributed by atoms with van der Waals surface area (Å²) in [6.07, 6.45) is 1.77. The van der Waals surface area contributed by atoms with Crippen molar-refractivity contribution >= 4 is 11.6 Å². The van der Waals surface area contributed by atoms with Crippen LogP contribution in [0.25, 0.3) is 0 Å². The average molecular weight is 219 g/mol. The van der Waals surface area contributed by atoms with Crippen LogP contribution in [0.1, 0.15) is 23.2 Å². The van der Waals surface area contributed by atoms with Gasteiger partial charge in [-0.05, 0) is 31.0 Å². The fraction of sp³-hybridized carbons (Fsp3) is 0.417. The molecule has 4 nitrogen and oxygen atoms in total. The second-order valence-corrected chi connectivity index (χ2v) is 4.26. The number of piperidine rings is 1. The normalized spacial score (nSPS) is 17.4. The second kappa shape index (κ2) is 4.53. The van der Waals surface area contributed by atoms with Crippen molar-refractivity contribution in [1.29, 1.82) is 0 Å². The van der Waals surface area contributed by atoms with E-state index in [0.717, 1.165) is 25.9 Å². The molecule has 0 aromatic heterocycles. The maximum atomic E-state index is 12.1. The minimum absolute atomic E-state index is 0.0548. The molecular formula is C12H17N3O. The summed E-state index contributed by atoms with van der Waals surface area (Å²) in [4.78, 5) is 13.9. The number of hydrogen-bond donors (Lipinski definition) is 2. The van der Waals surface area contributed by atoms with Gasteiger partial charge in [-0.25, -0.2) is 0 Å². The summed E-state index contributed by atoms with van der Waals surface area (Å²) >= 11 is 0. The van der Waals surface area contributed by atoms with Gasteiger partial charge in [0.1, 0.15) is 0 Å². The quantitative estimate of drug-likeness (QED) is 0.687. The highest BCUT2D eigenvalue weighted by Crippen LogP contribution is 2.14. The van der Waals surface area contributed by atoms with Gasteiger partial charge in [0.2, 0.25) is 0 Å². The van der Waals surface area contributed by atoms with Crippen LogP contribution in [0.15, 0.2) is 24.3 Å². The van der Waals surface area contributed by atoms with Crippen molar-refractivity contribution in [3.05, 3.63) is 29.8 Å². The third-order valence-corrected chi connectivity index (χ3v) is 2.96. The summed E-state index contributed by atoms with van der Waals surface area (Å²) in [6, 6.07) is 7.34. The van der Waals surface area contributed by atoms with E-state index in [4.69, 9.17) is 11.5 Å². The first-order valence-corrected chi connectivity index (χ1v) is 5.57. The van der Waals surface area contributed by atoms with Gasteiger partial charge in [0.05, 0.1) is 0 Å². The van der Waals surface area contributed by atoms with Crippen molar-refractivity contribution in [2.45, 2.75) is 18.9 Å². The number of nitrogens with two attached hydrogens (primary N) is 2. The molecule has 0 aliphatic carbocycles. The number of nitrogen functional groups attached to an aromatic ring is 1. The van der Waals surface area contributed by atoms with Gasteiger partial charge >= 0.3 is 0 Å². The molecule has 1 fully saturated rings. The lowest BCUT2D eigenvalue weighted by atomic mass is 10.0. The molecule has 0 saturated carbocycles. The standard InChI is InChI=1S/C12H17N3O/c13-10-4-6-15(7-5-10)12(16)9-2-1-3-11(14)8-9/h1-3,8,10H,4-7,13-14H2. The maximum Gasteiger partial charge on any atom is 0.253 e. The molecule has 16 heavy (non-hydrogen) atoms. The Balaban J connectivity index is 2.08. The monoisotopic (exact) mass is 219 g/mol. The van der Waals surface area contributed by atoms with Gasteiger partial charge in [-0.2, -0.15) is 0 Å². The first kappa shape index (κ1) is 11.0. The molecule has 1 aromatic rings. The van der Waals surface area contributed by atoms with E-state index in [1.165, 1.54) is 0 Å². The number of carbonyl (C=O) groups excluding carboxylic acids is 1. The highest BCUT2D eigenvalue weighted by molar-refractivity contribution is 5.95. The molecule has 1 aromatic carbocycles. The Hall–Kier alpha value is -1.55. The highest BCUT2D eigenvalue weighted by Gasteiger charge is 2.21. The zero-order chi connectivity index (χ0) is 11.5. The van der Waals surface area contributed by atoms with Crippen molar-refractivity contribution < 1.29 is 4.79 Å². The Morgan fingerprint density at radius 2 is 2.00 bits per heavy atom. The largest absolute Gasteiger partial charge is 0.399 e. The molecule has 2 rings (SSSR count). The topological polar surface area (TPSA) is 72.4 Å². The van der Waals surface area contributed by atoms with Gasteiger partial charge in [-0.15, -0.1) is 0 Å². The summed E-state index contributed by atoms with van der Waals surface area (Å²) in [7, 11) is 0. The Labute approximate surface area is 95.2 Å². The zero-order valence-electron chi connectivity index (χ0n) is 9.23. The van der Waals surface area contributed by atoms with Gasteiger partial charge in [0.15, 0.2) is 0 Å². The maximum absolute atomic E-state index is 12.1. The van der Waals surface area contributed by atoms with Crippen molar-refractivity contribution in [2.75, 3.05) is 18.8 Å². The Morgan fingerprint density at radius 3 is 2.62 bits per heavy atom. The molecule has 86 valence electrons. The van der Waals surface area contributed by atoms with Crippen LogP contribution in [0.3, 0.4) is 0 Å². The lowest BCUT2D eigenvalue weighted by Gasteiger charge is -2.30. The molecule has 1 aliphatic rings. The minimum atomic E-state index is 0.0548. The number of hydrogen-bond acceptors (Lipinski definition) is 3. The van der Waals surface area contributed by atoms with E-state index < -0.39 is 0 Å². The summed E-state index contributed by atoms with van der Waals surface area (Å²) < 4.78 is 0. The molecule has 0 radical (unpaired) electrons. The Kier molecular flexibility index (Phi) is 3.10. The summed E-state index contributed by atoms with van der Waals surface area (Å²) in [5.41, 5.74) is 12.7. The van der Waals surface area contributed by atoms with Crippen LogP contribution in [0, 0.1) is 0 Å². The number of benzene rings is 1. The van der Waals surface area contributed by atoms with E-state index >= 15 is 0 Å². The molecule has 0 spiro atoms. The van der Waals surface area contributed by atoms with Gasteiger partial charge in [0, 0.05) is 30.4 Å². The van der Waals surface area contributed by atoms with Crippen molar-refractivity contribution in [3.63, 3.8) is 0 Å². The zero-order valence-corrected chi connectivity index (χ0v) is 9.23. The van der Waals surface area contributed by atoms with Crippen LogP contribution in [0.2, 0.25) is 0 Å². The molecule has 0 unspecified atom stereocenters.